The van der Waals surface area contributed by atoms with E-state index in [0.717, 1.165) is 11.7 Å². The van der Waals surface area contributed by atoms with Gasteiger partial charge in [0.1, 0.15) is 5.75 Å². The average molecular weight is 239 g/mol. The van der Waals surface area contributed by atoms with Crippen LogP contribution in [0.2, 0.25) is 0 Å². The van der Waals surface area contributed by atoms with E-state index in [9.17, 15) is 0 Å². The summed E-state index contributed by atoms with van der Waals surface area (Å²) in [6, 6.07) is 6.16. The maximum absolute atomic E-state index is 6.55. The lowest BCUT2D eigenvalue weighted by atomic mass is 9.93. The zero-order valence-electron chi connectivity index (χ0n) is 10.2. The SMILES string of the molecule is COc1ccc(C(Cl)C(C)C2CC2)c(C)c1. The number of ether oxygens (including phenoxy) is 1. The summed E-state index contributed by atoms with van der Waals surface area (Å²) in [5.41, 5.74) is 2.48. The second-order valence-electron chi connectivity index (χ2n) is 4.82. The Balaban J connectivity index is 2.18. The van der Waals surface area contributed by atoms with E-state index >= 15 is 0 Å². The highest BCUT2D eigenvalue weighted by molar-refractivity contribution is 6.21. The van der Waals surface area contributed by atoms with Gasteiger partial charge in [-0.25, -0.2) is 0 Å². The fourth-order valence-electron chi connectivity index (χ4n) is 2.23. The molecule has 2 unspecified atom stereocenters. The van der Waals surface area contributed by atoms with Crippen LogP contribution in [-0.2, 0) is 0 Å². The third-order valence-electron chi connectivity index (χ3n) is 3.60. The monoisotopic (exact) mass is 238 g/mol. The maximum Gasteiger partial charge on any atom is 0.119 e. The van der Waals surface area contributed by atoms with Gasteiger partial charge in [0.05, 0.1) is 12.5 Å². The van der Waals surface area contributed by atoms with Gasteiger partial charge in [0.2, 0.25) is 0 Å². The number of aryl methyl sites for hydroxylation is 1. The van der Waals surface area contributed by atoms with Crippen molar-refractivity contribution in [3.63, 3.8) is 0 Å². The zero-order valence-corrected chi connectivity index (χ0v) is 10.9. The Labute approximate surface area is 103 Å². The molecule has 0 radical (unpaired) electrons. The van der Waals surface area contributed by atoms with Gasteiger partial charge in [0, 0.05) is 0 Å². The summed E-state index contributed by atoms with van der Waals surface area (Å²) in [4.78, 5) is 0. The van der Waals surface area contributed by atoms with E-state index in [0.29, 0.717) is 5.92 Å². The predicted octanol–water partition coefficient (Wildman–Crippen LogP) is 4.33. The molecule has 2 rings (SSSR count). The molecule has 1 aliphatic rings. The molecule has 1 aromatic rings. The van der Waals surface area contributed by atoms with Crippen LogP contribution in [0, 0.1) is 18.8 Å². The summed E-state index contributed by atoms with van der Waals surface area (Å²) in [7, 11) is 1.69. The Morgan fingerprint density at radius 3 is 2.56 bits per heavy atom. The fraction of sp³-hybridized carbons (Fsp3) is 0.571. The van der Waals surface area contributed by atoms with Gasteiger partial charge in [-0.05, 0) is 54.9 Å². The molecular weight excluding hydrogens is 220 g/mol. The zero-order chi connectivity index (χ0) is 11.7. The standard InChI is InChI=1S/C14H19ClO/c1-9-8-12(16-3)6-7-13(9)14(15)10(2)11-4-5-11/h6-8,10-11,14H,4-5H2,1-3H3. The summed E-state index contributed by atoms with van der Waals surface area (Å²) in [5, 5.41) is 0.137. The molecule has 2 atom stereocenters. The lowest BCUT2D eigenvalue weighted by Gasteiger charge is -2.20. The third-order valence-corrected chi connectivity index (χ3v) is 4.23. The number of hydrogen-bond donors (Lipinski definition) is 0. The van der Waals surface area contributed by atoms with E-state index in [1.165, 1.54) is 24.0 Å². The summed E-state index contributed by atoms with van der Waals surface area (Å²) in [6.45, 7) is 4.37. The minimum absolute atomic E-state index is 0.137. The first-order valence-corrected chi connectivity index (χ1v) is 6.35. The normalized spacial score (nSPS) is 19.2. The molecular formula is C14H19ClO. The number of hydrogen-bond acceptors (Lipinski definition) is 1. The van der Waals surface area contributed by atoms with E-state index in [1.807, 2.05) is 6.07 Å². The summed E-state index contributed by atoms with van der Waals surface area (Å²) >= 11 is 6.55. The first kappa shape index (κ1) is 11.8. The highest BCUT2D eigenvalue weighted by Gasteiger charge is 2.33. The molecule has 0 aromatic heterocycles. The first-order valence-electron chi connectivity index (χ1n) is 5.92. The molecule has 0 spiro atoms. The number of halogens is 1. The van der Waals surface area contributed by atoms with Crippen molar-refractivity contribution in [2.24, 2.45) is 11.8 Å². The summed E-state index contributed by atoms with van der Waals surface area (Å²) in [6.07, 6.45) is 2.69. The van der Waals surface area contributed by atoms with Gasteiger partial charge in [-0.2, -0.15) is 0 Å². The minimum Gasteiger partial charge on any atom is -0.497 e. The Morgan fingerprint density at radius 2 is 2.06 bits per heavy atom. The molecule has 0 saturated heterocycles. The van der Waals surface area contributed by atoms with Crippen molar-refractivity contribution < 1.29 is 4.74 Å². The van der Waals surface area contributed by atoms with E-state index in [2.05, 4.69) is 26.0 Å². The number of methoxy groups -OCH3 is 1. The quantitative estimate of drug-likeness (QED) is 0.710. The summed E-state index contributed by atoms with van der Waals surface area (Å²) in [5.74, 6) is 2.32. The van der Waals surface area contributed by atoms with E-state index in [-0.39, 0.29) is 5.38 Å². The van der Waals surface area contributed by atoms with Crippen molar-refractivity contribution in [3.8, 4) is 5.75 Å². The van der Waals surface area contributed by atoms with Crippen LogP contribution in [0.1, 0.15) is 36.3 Å². The van der Waals surface area contributed by atoms with Crippen molar-refractivity contribution in [2.45, 2.75) is 32.1 Å². The van der Waals surface area contributed by atoms with E-state index in [4.69, 9.17) is 16.3 Å². The Hall–Kier alpha value is -0.690. The summed E-state index contributed by atoms with van der Waals surface area (Å²) < 4.78 is 5.21. The van der Waals surface area contributed by atoms with Crippen molar-refractivity contribution in [1.29, 1.82) is 0 Å². The number of benzene rings is 1. The Morgan fingerprint density at radius 1 is 1.38 bits per heavy atom. The van der Waals surface area contributed by atoms with Crippen LogP contribution in [0.4, 0.5) is 0 Å². The smallest absolute Gasteiger partial charge is 0.119 e. The van der Waals surface area contributed by atoms with Crippen LogP contribution < -0.4 is 4.74 Å². The molecule has 0 bridgehead atoms. The van der Waals surface area contributed by atoms with Crippen LogP contribution in [0.25, 0.3) is 0 Å². The van der Waals surface area contributed by atoms with Crippen molar-refractivity contribution in [3.05, 3.63) is 29.3 Å². The number of rotatable bonds is 4. The van der Waals surface area contributed by atoms with Gasteiger partial charge in [-0.15, -0.1) is 11.6 Å². The van der Waals surface area contributed by atoms with Crippen LogP contribution in [0.5, 0.6) is 5.75 Å². The van der Waals surface area contributed by atoms with Crippen molar-refractivity contribution in [1.82, 2.24) is 0 Å². The molecule has 1 aliphatic carbocycles. The molecule has 2 heteroatoms. The molecule has 0 amide bonds. The van der Waals surface area contributed by atoms with E-state index < -0.39 is 0 Å². The fourth-order valence-corrected chi connectivity index (χ4v) is 2.68. The Bertz CT molecular complexity index is 371. The molecule has 1 saturated carbocycles. The topological polar surface area (TPSA) is 9.23 Å². The van der Waals surface area contributed by atoms with Crippen molar-refractivity contribution in [2.75, 3.05) is 7.11 Å². The first-order chi connectivity index (χ1) is 7.63. The largest absolute Gasteiger partial charge is 0.497 e. The van der Waals surface area contributed by atoms with Crippen LogP contribution in [-0.4, -0.2) is 7.11 Å². The minimum atomic E-state index is 0.137. The average Bonchev–Trinajstić information content (AvgIpc) is 3.10. The number of alkyl halides is 1. The molecule has 1 nitrogen and oxygen atoms in total. The van der Waals surface area contributed by atoms with Gasteiger partial charge in [0.15, 0.2) is 0 Å². The van der Waals surface area contributed by atoms with Crippen LogP contribution >= 0.6 is 11.6 Å². The van der Waals surface area contributed by atoms with E-state index in [1.54, 1.807) is 7.11 Å². The van der Waals surface area contributed by atoms with Crippen molar-refractivity contribution >= 4 is 11.6 Å². The molecule has 1 aromatic carbocycles. The van der Waals surface area contributed by atoms with Gasteiger partial charge < -0.3 is 4.74 Å². The lowest BCUT2D eigenvalue weighted by molar-refractivity contribution is 0.414. The Kier molecular flexibility index (Phi) is 3.44. The van der Waals surface area contributed by atoms with Gasteiger partial charge in [-0.1, -0.05) is 13.0 Å². The predicted molar refractivity (Wildman–Crippen MR) is 68.2 cm³/mol. The highest BCUT2D eigenvalue weighted by Crippen LogP contribution is 2.46. The molecule has 0 heterocycles. The molecule has 0 N–H and O–H groups in total. The van der Waals surface area contributed by atoms with Gasteiger partial charge in [-0.3, -0.25) is 0 Å². The second-order valence-corrected chi connectivity index (χ2v) is 5.29. The van der Waals surface area contributed by atoms with Gasteiger partial charge >= 0.3 is 0 Å². The van der Waals surface area contributed by atoms with Crippen LogP contribution in [0.15, 0.2) is 18.2 Å². The maximum atomic E-state index is 6.55. The third kappa shape index (κ3) is 2.35. The molecule has 88 valence electrons. The molecule has 0 aliphatic heterocycles. The second kappa shape index (κ2) is 4.67. The van der Waals surface area contributed by atoms with Crippen LogP contribution in [0.3, 0.4) is 0 Å². The van der Waals surface area contributed by atoms with Gasteiger partial charge in [0.25, 0.3) is 0 Å². The highest BCUT2D eigenvalue weighted by atomic mass is 35.5. The molecule has 16 heavy (non-hydrogen) atoms. The lowest BCUT2D eigenvalue weighted by Crippen LogP contribution is -2.07. The molecule has 1 fully saturated rings.